The number of hydrogen-bond donors (Lipinski definition) is 1. The Labute approximate surface area is 143 Å². The van der Waals surface area contributed by atoms with E-state index in [1.54, 1.807) is 18.2 Å². The second-order valence-electron chi connectivity index (χ2n) is 5.63. The van der Waals surface area contributed by atoms with Crippen LogP contribution in [0.3, 0.4) is 0 Å². The molecule has 0 saturated heterocycles. The summed E-state index contributed by atoms with van der Waals surface area (Å²) in [5.41, 5.74) is 0.823. The molecule has 0 spiro atoms. The Balaban J connectivity index is 1.65. The highest BCUT2D eigenvalue weighted by Crippen LogP contribution is 2.32. The normalized spacial score (nSPS) is 15.3. The van der Waals surface area contributed by atoms with Crippen LogP contribution in [0.5, 0.6) is 17.2 Å². The van der Waals surface area contributed by atoms with Crippen molar-refractivity contribution in [2.75, 3.05) is 20.8 Å². The number of benzene rings is 2. The molecule has 0 unspecified atom stereocenters. The van der Waals surface area contributed by atoms with Gasteiger partial charge in [-0.2, -0.15) is 0 Å². The zero-order valence-electron chi connectivity index (χ0n) is 13.8. The quantitative estimate of drug-likeness (QED) is 0.902. The van der Waals surface area contributed by atoms with Crippen molar-refractivity contribution in [3.63, 3.8) is 0 Å². The van der Waals surface area contributed by atoms with Gasteiger partial charge >= 0.3 is 0 Å². The van der Waals surface area contributed by atoms with E-state index < -0.39 is 17.7 Å². The number of carbonyl (C=O) groups excluding carboxylic acids is 1. The lowest BCUT2D eigenvalue weighted by atomic mass is 10.1. The van der Waals surface area contributed by atoms with Gasteiger partial charge in [-0.15, -0.1) is 0 Å². The van der Waals surface area contributed by atoms with Crippen molar-refractivity contribution in [2.45, 2.75) is 12.5 Å². The molecule has 25 heavy (non-hydrogen) atoms. The van der Waals surface area contributed by atoms with Crippen LogP contribution >= 0.6 is 0 Å². The molecule has 2 aromatic rings. The Morgan fingerprint density at radius 2 is 1.84 bits per heavy atom. The van der Waals surface area contributed by atoms with Crippen molar-refractivity contribution in [1.29, 1.82) is 0 Å². The van der Waals surface area contributed by atoms with Crippen molar-refractivity contribution < 1.29 is 27.8 Å². The third-order valence-corrected chi connectivity index (χ3v) is 3.92. The highest BCUT2D eigenvalue weighted by Gasteiger charge is 2.27. The van der Waals surface area contributed by atoms with Gasteiger partial charge in [-0.25, -0.2) is 8.78 Å². The van der Waals surface area contributed by atoms with Crippen molar-refractivity contribution in [2.24, 2.45) is 0 Å². The van der Waals surface area contributed by atoms with Gasteiger partial charge < -0.3 is 19.5 Å². The number of hydrogen-bond acceptors (Lipinski definition) is 4. The second kappa shape index (κ2) is 6.96. The molecule has 0 bridgehead atoms. The number of methoxy groups -OCH3 is 2. The van der Waals surface area contributed by atoms with E-state index in [2.05, 4.69) is 5.32 Å². The number of carbonyl (C=O) groups is 1. The van der Waals surface area contributed by atoms with E-state index in [4.69, 9.17) is 14.2 Å². The first-order chi connectivity index (χ1) is 12.0. The Morgan fingerprint density at radius 1 is 1.16 bits per heavy atom. The van der Waals surface area contributed by atoms with Crippen molar-refractivity contribution >= 4 is 5.91 Å². The van der Waals surface area contributed by atoms with Gasteiger partial charge in [-0.1, -0.05) is 0 Å². The van der Waals surface area contributed by atoms with Crippen LogP contribution in [0.2, 0.25) is 0 Å². The predicted molar refractivity (Wildman–Crippen MR) is 86.4 cm³/mol. The second-order valence-corrected chi connectivity index (χ2v) is 5.63. The maximum absolute atomic E-state index is 13.7. The first-order valence-corrected chi connectivity index (χ1v) is 7.66. The molecule has 1 heterocycles. The minimum absolute atomic E-state index is 0.0451. The van der Waals surface area contributed by atoms with E-state index in [0.29, 0.717) is 29.0 Å². The molecule has 1 atom stereocenters. The topological polar surface area (TPSA) is 56.8 Å². The molecule has 0 aliphatic carbocycles. The summed E-state index contributed by atoms with van der Waals surface area (Å²) in [6.45, 7) is 0.161. The standard InChI is InChI=1S/C18H17F2NO4/c1-23-13-5-11(6-14(8-13)24-2)18(22)21-9-15-4-10-3-12(19)7-16(20)17(10)25-15/h3,5-8,15H,4,9H2,1-2H3,(H,21,22)/t15-/m1/s1. The number of rotatable bonds is 5. The highest BCUT2D eigenvalue weighted by molar-refractivity contribution is 5.95. The third kappa shape index (κ3) is 3.65. The molecule has 2 aromatic carbocycles. The number of ether oxygens (including phenoxy) is 3. The lowest BCUT2D eigenvalue weighted by Gasteiger charge is -2.13. The summed E-state index contributed by atoms with van der Waals surface area (Å²) in [5, 5.41) is 2.72. The number of halogens is 2. The average Bonchev–Trinajstić information content (AvgIpc) is 3.02. The zero-order valence-corrected chi connectivity index (χ0v) is 13.8. The van der Waals surface area contributed by atoms with Gasteiger partial charge in [0.05, 0.1) is 20.8 Å². The van der Waals surface area contributed by atoms with Gasteiger partial charge in [0, 0.05) is 29.7 Å². The van der Waals surface area contributed by atoms with Crippen LogP contribution in [0.15, 0.2) is 30.3 Å². The van der Waals surface area contributed by atoms with E-state index in [-0.39, 0.29) is 18.2 Å². The molecule has 1 aliphatic heterocycles. The smallest absolute Gasteiger partial charge is 0.251 e. The minimum Gasteiger partial charge on any atom is -0.497 e. The SMILES string of the molecule is COc1cc(OC)cc(C(=O)NC[C@H]2Cc3cc(F)cc(F)c3O2)c1. The fourth-order valence-corrected chi connectivity index (χ4v) is 2.71. The van der Waals surface area contributed by atoms with E-state index in [9.17, 15) is 13.6 Å². The fraction of sp³-hybridized carbons (Fsp3) is 0.278. The maximum atomic E-state index is 13.7. The Bertz CT molecular complexity index is 788. The molecule has 7 heteroatoms. The predicted octanol–water partition coefficient (Wildman–Crippen LogP) is 2.72. The Kier molecular flexibility index (Phi) is 4.74. The first kappa shape index (κ1) is 17.0. The number of fused-ring (bicyclic) bond motifs is 1. The molecule has 1 aliphatic rings. The monoisotopic (exact) mass is 349 g/mol. The largest absolute Gasteiger partial charge is 0.497 e. The Hall–Kier alpha value is -2.83. The van der Waals surface area contributed by atoms with Gasteiger partial charge in [-0.05, 0) is 18.2 Å². The maximum Gasteiger partial charge on any atom is 0.251 e. The summed E-state index contributed by atoms with van der Waals surface area (Å²) in [6, 6.07) is 6.84. The van der Waals surface area contributed by atoms with Gasteiger partial charge in [0.1, 0.15) is 23.4 Å². The molecular weight excluding hydrogens is 332 g/mol. The third-order valence-electron chi connectivity index (χ3n) is 3.92. The van der Waals surface area contributed by atoms with Crippen LogP contribution in [0.4, 0.5) is 8.78 Å². The van der Waals surface area contributed by atoms with Crippen molar-refractivity contribution in [3.05, 3.63) is 53.1 Å². The first-order valence-electron chi connectivity index (χ1n) is 7.66. The van der Waals surface area contributed by atoms with Crippen LogP contribution in [0.1, 0.15) is 15.9 Å². The van der Waals surface area contributed by atoms with E-state index in [1.165, 1.54) is 20.3 Å². The van der Waals surface area contributed by atoms with Crippen LogP contribution in [0.25, 0.3) is 0 Å². The van der Waals surface area contributed by atoms with Gasteiger partial charge in [-0.3, -0.25) is 4.79 Å². The Morgan fingerprint density at radius 3 is 2.48 bits per heavy atom. The summed E-state index contributed by atoms with van der Waals surface area (Å²) in [5.74, 6) is -0.695. The molecular formula is C18H17F2NO4. The lowest BCUT2D eigenvalue weighted by Crippen LogP contribution is -2.34. The molecule has 5 nitrogen and oxygen atoms in total. The zero-order chi connectivity index (χ0) is 18.0. The average molecular weight is 349 g/mol. The highest BCUT2D eigenvalue weighted by atomic mass is 19.1. The molecule has 1 amide bonds. The van der Waals surface area contributed by atoms with Crippen molar-refractivity contribution in [3.8, 4) is 17.2 Å². The van der Waals surface area contributed by atoms with E-state index in [1.807, 2.05) is 0 Å². The summed E-state index contributed by atoms with van der Waals surface area (Å²) < 4.78 is 42.6. The van der Waals surface area contributed by atoms with Gasteiger partial charge in [0.2, 0.25) is 0 Å². The molecule has 132 valence electrons. The van der Waals surface area contributed by atoms with Gasteiger partial charge in [0.25, 0.3) is 5.91 Å². The molecule has 0 saturated carbocycles. The number of amides is 1. The molecule has 3 rings (SSSR count). The molecule has 0 radical (unpaired) electrons. The van der Waals surface area contributed by atoms with Crippen LogP contribution < -0.4 is 19.5 Å². The summed E-state index contributed by atoms with van der Waals surface area (Å²) in [7, 11) is 2.99. The minimum atomic E-state index is -0.735. The molecule has 0 aromatic heterocycles. The van der Waals surface area contributed by atoms with Crippen LogP contribution in [-0.4, -0.2) is 32.8 Å². The van der Waals surface area contributed by atoms with E-state index >= 15 is 0 Å². The van der Waals surface area contributed by atoms with Crippen molar-refractivity contribution in [1.82, 2.24) is 5.32 Å². The summed E-state index contributed by atoms with van der Waals surface area (Å²) in [6.07, 6.45) is -0.131. The molecule has 1 N–H and O–H groups in total. The number of nitrogens with one attached hydrogen (secondary N) is 1. The molecule has 0 fully saturated rings. The summed E-state index contributed by atoms with van der Waals surface area (Å²) in [4.78, 5) is 12.3. The fourth-order valence-electron chi connectivity index (χ4n) is 2.71. The van der Waals surface area contributed by atoms with E-state index in [0.717, 1.165) is 6.07 Å². The van der Waals surface area contributed by atoms with Crippen LogP contribution in [0, 0.1) is 11.6 Å². The lowest BCUT2D eigenvalue weighted by molar-refractivity contribution is 0.0932. The van der Waals surface area contributed by atoms with Gasteiger partial charge in [0.15, 0.2) is 11.6 Å². The van der Waals surface area contributed by atoms with Crippen LogP contribution in [-0.2, 0) is 6.42 Å². The summed E-state index contributed by atoms with van der Waals surface area (Å²) >= 11 is 0.